The molecule has 3 aromatic carbocycles. The maximum absolute atomic E-state index is 13.2. The van der Waals surface area contributed by atoms with Gasteiger partial charge in [-0.2, -0.15) is 9.78 Å². The molecule has 0 atom stereocenters. The minimum absolute atomic E-state index is 0.178. The van der Waals surface area contributed by atoms with E-state index in [4.69, 9.17) is 21.3 Å². The summed E-state index contributed by atoms with van der Waals surface area (Å²) in [7, 11) is 0. The summed E-state index contributed by atoms with van der Waals surface area (Å²) in [6, 6.07) is 18.9. The van der Waals surface area contributed by atoms with Crippen molar-refractivity contribution in [2.45, 2.75) is 32.8 Å². The van der Waals surface area contributed by atoms with Gasteiger partial charge in [-0.1, -0.05) is 59.1 Å². The summed E-state index contributed by atoms with van der Waals surface area (Å²) < 4.78 is 9.14. The number of rotatable bonds is 8. The van der Waals surface area contributed by atoms with Crippen molar-refractivity contribution in [3.05, 3.63) is 101 Å². The zero-order valence-corrected chi connectivity index (χ0v) is 23.0. The molecular formula is C26H22BrClIN3O2. The van der Waals surface area contributed by atoms with Gasteiger partial charge in [-0.3, -0.25) is 4.79 Å². The molecule has 174 valence electrons. The van der Waals surface area contributed by atoms with Crippen molar-refractivity contribution < 1.29 is 4.74 Å². The van der Waals surface area contributed by atoms with Crippen LogP contribution in [0, 0.1) is 3.57 Å². The predicted molar refractivity (Wildman–Crippen MR) is 150 cm³/mol. The number of benzene rings is 3. The molecule has 34 heavy (non-hydrogen) atoms. The van der Waals surface area contributed by atoms with Crippen molar-refractivity contribution in [2.75, 3.05) is 0 Å². The van der Waals surface area contributed by atoms with Gasteiger partial charge in [-0.25, -0.2) is 4.98 Å². The van der Waals surface area contributed by atoms with Crippen molar-refractivity contribution in [3.8, 4) is 5.75 Å². The Balaban J connectivity index is 1.60. The first-order valence-corrected chi connectivity index (χ1v) is 13.1. The average Bonchev–Trinajstić information content (AvgIpc) is 2.83. The van der Waals surface area contributed by atoms with Gasteiger partial charge in [0, 0.05) is 21.5 Å². The third-order valence-corrected chi connectivity index (χ3v) is 6.95. The molecule has 0 aliphatic heterocycles. The lowest BCUT2D eigenvalue weighted by Crippen LogP contribution is -2.22. The number of unbranched alkanes of at least 4 members (excludes halogenated alkanes) is 1. The Morgan fingerprint density at radius 3 is 2.76 bits per heavy atom. The molecule has 8 heteroatoms. The Bertz CT molecular complexity index is 1420. The second-order valence-corrected chi connectivity index (χ2v) is 10.2. The van der Waals surface area contributed by atoms with Gasteiger partial charge >= 0.3 is 0 Å². The van der Waals surface area contributed by atoms with Crippen LogP contribution in [0.5, 0.6) is 5.75 Å². The van der Waals surface area contributed by atoms with E-state index in [1.165, 1.54) is 4.68 Å². The van der Waals surface area contributed by atoms with Crippen LogP contribution < -0.4 is 10.3 Å². The number of nitrogens with zero attached hydrogens (tertiary/aromatic N) is 3. The van der Waals surface area contributed by atoms with E-state index in [1.54, 1.807) is 12.3 Å². The highest BCUT2D eigenvalue weighted by Gasteiger charge is 2.11. The summed E-state index contributed by atoms with van der Waals surface area (Å²) in [6.45, 7) is 2.50. The minimum Gasteiger partial charge on any atom is -0.488 e. The van der Waals surface area contributed by atoms with Crippen LogP contribution in [0.25, 0.3) is 10.9 Å². The van der Waals surface area contributed by atoms with E-state index >= 15 is 0 Å². The van der Waals surface area contributed by atoms with Crippen LogP contribution >= 0.6 is 50.1 Å². The van der Waals surface area contributed by atoms with Crippen LogP contribution in [-0.2, 0) is 13.0 Å². The van der Waals surface area contributed by atoms with E-state index < -0.39 is 0 Å². The van der Waals surface area contributed by atoms with Crippen molar-refractivity contribution in [2.24, 2.45) is 5.10 Å². The van der Waals surface area contributed by atoms with Crippen molar-refractivity contribution in [3.63, 3.8) is 0 Å². The number of hydrogen-bond acceptors (Lipinski definition) is 4. The fraction of sp³-hybridized carbons (Fsp3) is 0.192. The second-order valence-electron chi connectivity index (χ2n) is 7.72. The first-order valence-electron chi connectivity index (χ1n) is 10.9. The Hall–Kier alpha value is -2.23. The Morgan fingerprint density at radius 1 is 1.18 bits per heavy atom. The molecule has 5 nitrogen and oxygen atoms in total. The Morgan fingerprint density at radius 2 is 2.00 bits per heavy atom. The van der Waals surface area contributed by atoms with Gasteiger partial charge < -0.3 is 4.74 Å². The van der Waals surface area contributed by atoms with Gasteiger partial charge in [-0.05, 0) is 77.0 Å². The van der Waals surface area contributed by atoms with Crippen LogP contribution in [0.3, 0.4) is 0 Å². The summed E-state index contributed by atoms with van der Waals surface area (Å²) in [6.07, 6.45) is 4.30. The molecule has 4 rings (SSSR count). The molecule has 1 heterocycles. The smallest absolute Gasteiger partial charge is 0.282 e. The fourth-order valence-corrected chi connectivity index (χ4v) is 4.67. The number of ether oxygens (including phenoxy) is 1. The highest BCUT2D eigenvalue weighted by molar-refractivity contribution is 14.1. The highest BCUT2D eigenvalue weighted by atomic mass is 127. The molecular weight excluding hydrogens is 629 g/mol. The predicted octanol–water partition coefficient (Wildman–Crippen LogP) is 7.22. The lowest BCUT2D eigenvalue weighted by molar-refractivity contribution is 0.304. The molecule has 0 radical (unpaired) electrons. The number of fused-ring (bicyclic) bond motifs is 1. The molecule has 0 unspecified atom stereocenters. The van der Waals surface area contributed by atoms with Crippen LogP contribution in [-0.4, -0.2) is 15.9 Å². The average molecular weight is 651 g/mol. The first kappa shape index (κ1) is 24.9. The number of aromatic nitrogens is 2. The van der Waals surface area contributed by atoms with Crippen LogP contribution in [0.1, 0.15) is 36.7 Å². The summed E-state index contributed by atoms with van der Waals surface area (Å²) in [5.74, 6) is 1.42. The van der Waals surface area contributed by atoms with Crippen molar-refractivity contribution in [1.82, 2.24) is 9.66 Å². The van der Waals surface area contributed by atoms with E-state index in [0.29, 0.717) is 34.8 Å². The molecule has 0 spiro atoms. The standard InChI is InChI=1S/C26H22BrClIN3O2/c1-2-3-8-25-31-23-11-10-19(27)14-20(23)26(33)32(25)30-15-17-9-12-24(22(29)13-17)34-16-18-6-4-5-7-21(18)28/h4-7,9-15H,2-3,8,16H2,1H3. The monoisotopic (exact) mass is 649 g/mol. The topological polar surface area (TPSA) is 56.5 Å². The fourth-order valence-electron chi connectivity index (χ4n) is 3.42. The van der Waals surface area contributed by atoms with Gasteiger partial charge in [0.25, 0.3) is 5.56 Å². The second kappa shape index (κ2) is 11.5. The third-order valence-electron chi connectivity index (χ3n) is 5.25. The quantitative estimate of drug-likeness (QED) is 0.150. The SMILES string of the molecule is CCCCc1nc2ccc(Br)cc2c(=O)n1N=Cc1ccc(OCc2ccccc2Cl)c(I)c1. The molecule has 0 saturated heterocycles. The van der Waals surface area contributed by atoms with Crippen LogP contribution in [0.4, 0.5) is 0 Å². The molecule has 0 saturated carbocycles. The van der Waals surface area contributed by atoms with E-state index in [1.807, 2.05) is 54.6 Å². The largest absolute Gasteiger partial charge is 0.488 e. The lowest BCUT2D eigenvalue weighted by atomic mass is 10.2. The number of hydrogen-bond donors (Lipinski definition) is 0. The van der Waals surface area contributed by atoms with E-state index in [0.717, 1.165) is 37.8 Å². The lowest BCUT2D eigenvalue weighted by Gasteiger charge is -2.11. The minimum atomic E-state index is -0.178. The summed E-state index contributed by atoms with van der Waals surface area (Å²) in [4.78, 5) is 17.9. The third kappa shape index (κ3) is 5.87. The molecule has 0 aliphatic carbocycles. The first-order chi connectivity index (χ1) is 16.5. The molecule has 1 aromatic heterocycles. The zero-order valence-electron chi connectivity index (χ0n) is 18.5. The molecule has 4 aromatic rings. The maximum Gasteiger partial charge on any atom is 0.282 e. The summed E-state index contributed by atoms with van der Waals surface area (Å²) in [5.41, 5.74) is 2.29. The summed E-state index contributed by atoms with van der Waals surface area (Å²) >= 11 is 11.9. The van der Waals surface area contributed by atoms with Gasteiger partial charge in [0.05, 0.1) is 20.7 Å². The highest BCUT2D eigenvalue weighted by Crippen LogP contribution is 2.24. The van der Waals surface area contributed by atoms with Gasteiger partial charge in [0.1, 0.15) is 18.2 Å². The normalized spacial score (nSPS) is 11.4. The van der Waals surface area contributed by atoms with Gasteiger partial charge in [0.2, 0.25) is 0 Å². The molecule has 0 N–H and O–H groups in total. The van der Waals surface area contributed by atoms with Crippen molar-refractivity contribution >= 4 is 67.2 Å². The maximum atomic E-state index is 13.2. The molecule has 0 bridgehead atoms. The van der Waals surface area contributed by atoms with E-state index in [2.05, 4.69) is 50.5 Å². The molecule has 0 fully saturated rings. The van der Waals surface area contributed by atoms with E-state index in [-0.39, 0.29) is 5.56 Å². The van der Waals surface area contributed by atoms with Crippen LogP contribution in [0.15, 0.2) is 75.0 Å². The zero-order chi connectivity index (χ0) is 24.1. The Labute approximate surface area is 225 Å². The van der Waals surface area contributed by atoms with Crippen molar-refractivity contribution in [1.29, 1.82) is 0 Å². The van der Waals surface area contributed by atoms with Gasteiger partial charge in [-0.15, -0.1) is 0 Å². The van der Waals surface area contributed by atoms with Gasteiger partial charge in [0.15, 0.2) is 0 Å². The number of halogens is 3. The molecule has 0 aliphatic rings. The number of aryl methyl sites for hydroxylation is 1. The summed E-state index contributed by atoms with van der Waals surface area (Å²) in [5, 5.41) is 5.74. The van der Waals surface area contributed by atoms with E-state index in [9.17, 15) is 4.79 Å². The Kier molecular flexibility index (Phi) is 8.39. The molecule has 0 amide bonds. The van der Waals surface area contributed by atoms with Crippen LogP contribution in [0.2, 0.25) is 5.02 Å².